The number of nitrogens with one attached hydrogen (secondary N) is 2. The Morgan fingerprint density at radius 2 is 1.71 bits per heavy atom. The lowest BCUT2D eigenvalue weighted by Crippen LogP contribution is -2.05. The van der Waals surface area contributed by atoms with E-state index >= 15 is 0 Å². The number of carbonyl (C=O) groups excluding carboxylic acids is 1. The highest BCUT2D eigenvalue weighted by Gasteiger charge is 2.05. The molecule has 0 unspecified atom stereocenters. The molecule has 0 aliphatic carbocycles. The minimum Gasteiger partial charge on any atom is -0.496 e. The van der Waals surface area contributed by atoms with Crippen LogP contribution in [0, 0.1) is 0 Å². The summed E-state index contributed by atoms with van der Waals surface area (Å²) < 4.78 is 6.94. The Morgan fingerprint density at radius 1 is 1.05 bits per heavy atom. The number of hydrogen-bond donors (Lipinski definition) is 2. The van der Waals surface area contributed by atoms with Gasteiger partial charge in [-0.15, -0.1) is 0 Å². The number of amides is 1. The quantitative estimate of drug-likeness (QED) is 0.747. The van der Waals surface area contributed by atoms with E-state index in [2.05, 4.69) is 42.5 Å². The monoisotopic (exact) mass is 412 g/mol. The molecular formula is C15H14Br2N2O2. The Morgan fingerprint density at radius 3 is 2.29 bits per heavy atom. The normalized spacial score (nSPS) is 10.1. The lowest BCUT2D eigenvalue weighted by Gasteiger charge is -2.12. The summed E-state index contributed by atoms with van der Waals surface area (Å²) in [5, 5.41) is 6.04. The van der Waals surface area contributed by atoms with Crippen LogP contribution in [0.5, 0.6) is 5.75 Å². The van der Waals surface area contributed by atoms with Gasteiger partial charge in [0.15, 0.2) is 0 Å². The average molecular weight is 414 g/mol. The van der Waals surface area contributed by atoms with Gasteiger partial charge in [-0.05, 0) is 68.3 Å². The van der Waals surface area contributed by atoms with Crippen LogP contribution in [0.25, 0.3) is 0 Å². The Kier molecular flexibility index (Phi) is 5.25. The molecule has 2 aromatic carbocycles. The fraction of sp³-hybridized carbons (Fsp3) is 0.133. The molecule has 1 amide bonds. The standard InChI is InChI=1S/C15H14Br2N2O2/c1-9(20)18-10-3-5-14(12(16)7-10)19-11-4-6-15(21-2)13(17)8-11/h3-8,19H,1-2H3,(H,18,20). The summed E-state index contributed by atoms with van der Waals surface area (Å²) in [4.78, 5) is 11.0. The van der Waals surface area contributed by atoms with E-state index < -0.39 is 0 Å². The first-order valence-electron chi connectivity index (χ1n) is 6.17. The highest BCUT2D eigenvalue weighted by atomic mass is 79.9. The number of rotatable bonds is 4. The molecule has 6 heteroatoms. The van der Waals surface area contributed by atoms with Crippen LogP contribution in [0.1, 0.15) is 6.92 Å². The van der Waals surface area contributed by atoms with E-state index in [0.717, 1.165) is 31.8 Å². The van der Waals surface area contributed by atoms with Crippen molar-refractivity contribution in [2.75, 3.05) is 17.7 Å². The molecule has 0 atom stereocenters. The summed E-state index contributed by atoms with van der Waals surface area (Å²) in [5.41, 5.74) is 2.58. The van der Waals surface area contributed by atoms with Gasteiger partial charge in [0, 0.05) is 22.8 Å². The number of benzene rings is 2. The largest absolute Gasteiger partial charge is 0.496 e. The van der Waals surface area contributed by atoms with Crippen molar-refractivity contribution in [3.05, 3.63) is 45.3 Å². The first kappa shape index (κ1) is 15.9. The molecule has 110 valence electrons. The molecule has 0 fully saturated rings. The molecule has 0 aromatic heterocycles. The number of anilines is 3. The number of methoxy groups -OCH3 is 1. The van der Waals surface area contributed by atoms with Crippen molar-refractivity contribution >= 4 is 54.8 Å². The van der Waals surface area contributed by atoms with Crippen LogP contribution in [0.2, 0.25) is 0 Å². The second-order valence-corrected chi connectivity index (χ2v) is 6.06. The minimum atomic E-state index is -0.0957. The molecule has 21 heavy (non-hydrogen) atoms. The molecule has 0 spiro atoms. The van der Waals surface area contributed by atoms with Crippen molar-refractivity contribution in [3.8, 4) is 5.75 Å². The Labute approximate surface area is 140 Å². The molecule has 2 N–H and O–H groups in total. The smallest absolute Gasteiger partial charge is 0.221 e. The van der Waals surface area contributed by atoms with Crippen LogP contribution in [-0.2, 0) is 4.79 Å². The second kappa shape index (κ2) is 6.95. The van der Waals surface area contributed by atoms with E-state index in [1.165, 1.54) is 6.92 Å². The van der Waals surface area contributed by atoms with Crippen LogP contribution in [-0.4, -0.2) is 13.0 Å². The van der Waals surface area contributed by atoms with Gasteiger partial charge in [-0.3, -0.25) is 4.79 Å². The van der Waals surface area contributed by atoms with Crippen molar-refractivity contribution in [1.82, 2.24) is 0 Å². The minimum absolute atomic E-state index is 0.0957. The zero-order chi connectivity index (χ0) is 15.4. The number of halogens is 2. The van der Waals surface area contributed by atoms with Crippen molar-refractivity contribution < 1.29 is 9.53 Å². The summed E-state index contributed by atoms with van der Waals surface area (Å²) in [7, 11) is 1.63. The summed E-state index contributed by atoms with van der Waals surface area (Å²) in [6, 6.07) is 11.3. The number of ether oxygens (including phenoxy) is 1. The van der Waals surface area contributed by atoms with Crippen molar-refractivity contribution in [1.29, 1.82) is 0 Å². The van der Waals surface area contributed by atoms with Gasteiger partial charge < -0.3 is 15.4 Å². The third kappa shape index (κ3) is 4.22. The topological polar surface area (TPSA) is 50.4 Å². The second-order valence-electron chi connectivity index (χ2n) is 4.35. The number of hydrogen-bond acceptors (Lipinski definition) is 3. The molecule has 2 rings (SSSR count). The van der Waals surface area contributed by atoms with Crippen LogP contribution in [0.15, 0.2) is 45.3 Å². The van der Waals surface area contributed by atoms with Gasteiger partial charge in [0.2, 0.25) is 5.91 Å². The van der Waals surface area contributed by atoms with E-state index in [1.807, 2.05) is 36.4 Å². The van der Waals surface area contributed by atoms with Crippen LogP contribution < -0.4 is 15.4 Å². The van der Waals surface area contributed by atoms with Gasteiger partial charge in [0.25, 0.3) is 0 Å². The summed E-state index contributed by atoms with van der Waals surface area (Å²) in [6.07, 6.45) is 0. The Hall–Kier alpha value is -1.53. The zero-order valence-corrected chi connectivity index (χ0v) is 14.7. The third-order valence-electron chi connectivity index (χ3n) is 2.72. The fourth-order valence-electron chi connectivity index (χ4n) is 1.80. The van der Waals surface area contributed by atoms with Crippen molar-refractivity contribution in [2.45, 2.75) is 6.92 Å². The Bertz CT molecular complexity index is 675. The Balaban J connectivity index is 2.19. The molecule has 0 radical (unpaired) electrons. The van der Waals surface area contributed by atoms with Crippen LogP contribution >= 0.6 is 31.9 Å². The maximum atomic E-state index is 11.0. The lowest BCUT2D eigenvalue weighted by molar-refractivity contribution is -0.114. The molecule has 0 aliphatic heterocycles. The van der Waals surface area contributed by atoms with Crippen LogP contribution in [0.4, 0.5) is 17.1 Å². The molecule has 0 saturated carbocycles. The average Bonchev–Trinajstić information content (AvgIpc) is 2.41. The summed E-state index contributed by atoms with van der Waals surface area (Å²) >= 11 is 6.94. The molecule has 0 saturated heterocycles. The molecule has 4 nitrogen and oxygen atoms in total. The van der Waals surface area contributed by atoms with E-state index in [9.17, 15) is 4.79 Å². The first-order valence-corrected chi connectivity index (χ1v) is 7.76. The van der Waals surface area contributed by atoms with Crippen LogP contribution in [0.3, 0.4) is 0 Å². The van der Waals surface area contributed by atoms with Gasteiger partial charge in [-0.1, -0.05) is 0 Å². The molecular weight excluding hydrogens is 400 g/mol. The van der Waals surface area contributed by atoms with E-state index in [1.54, 1.807) is 7.11 Å². The summed E-state index contributed by atoms with van der Waals surface area (Å²) in [6.45, 7) is 1.48. The fourth-order valence-corrected chi connectivity index (χ4v) is 2.82. The SMILES string of the molecule is COc1ccc(Nc2ccc(NC(C)=O)cc2Br)cc1Br. The third-order valence-corrected chi connectivity index (χ3v) is 4.00. The van der Waals surface area contributed by atoms with E-state index in [-0.39, 0.29) is 5.91 Å². The maximum absolute atomic E-state index is 11.0. The molecule has 0 heterocycles. The zero-order valence-electron chi connectivity index (χ0n) is 11.5. The van der Waals surface area contributed by atoms with Gasteiger partial charge in [0.05, 0.1) is 17.3 Å². The highest BCUT2D eigenvalue weighted by Crippen LogP contribution is 2.32. The number of carbonyl (C=O) groups is 1. The van der Waals surface area contributed by atoms with Gasteiger partial charge >= 0.3 is 0 Å². The maximum Gasteiger partial charge on any atom is 0.221 e. The summed E-state index contributed by atoms with van der Waals surface area (Å²) in [5.74, 6) is 0.683. The van der Waals surface area contributed by atoms with Crippen molar-refractivity contribution in [2.24, 2.45) is 0 Å². The highest BCUT2D eigenvalue weighted by molar-refractivity contribution is 9.11. The molecule has 0 bridgehead atoms. The lowest BCUT2D eigenvalue weighted by atomic mass is 10.2. The van der Waals surface area contributed by atoms with Gasteiger partial charge in [-0.25, -0.2) is 0 Å². The van der Waals surface area contributed by atoms with E-state index in [4.69, 9.17) is 4.74 Å². The van der Waals surface area contributed by atoms with Gasteiger partial charge in [-0.2, -0.15) is 0 Å². The molecule has 2 aromatic rings. The van der Waals surface area contributed by atoms with Gasteiger partial charge in [0.1, 0.15) is 5.75 Å². The first-order chi connectivity index (χ1) is 9.99. The predicted octanol–water partition coefficient (Wildman–Crippen LogP) is 4.92. The molecule has 0 aliphatic rings. The predicted molar refractivity (Wildman–Crippen MR) is 92.4 cm³/mol. The van der Waals surface area contributed by atoms with Crippen molar-refractivity contribution in [3.63, 3.8) is 0 Å². The van der Waals surface area contributed by atoms with E-state index in [0.29, 0.717) is 0 Å².